The molecule has 0 aliphatic heterocycles. The monoisotopic (exact) mass is 293 g/mol. The molecular formula is C14H13F2N3S. The highest BCUT2D eigenvalue weighted by atomic mass is 32.1. The van der Waals surface area contributed by atoms with Crippen molar-refractivity contribution in [3.8, 4) is 0 Å². The lowest BCUT2D eigenvalue weighted by molar-refractivity contribution is 0.508. The molecule has 1 aromatic carbocycles. The minimum Gasteiger partial charge on any atom is -0.389 e. The summed E-state index contributed by atoms with van der Waals surface area (Å²) in [5.41, 5.74) is 5.99. The second-order valence-corrected chi connectivity index (χ2v) is 4.71. The topological polar surface area (TPSA) is 50.9 Å². The second kappa shape index (κ2) is 5.92. The van der Waals surface area contributed by atoms with Crippen LogP contribution < -0.4 is 11.1 Å². The third-order valence-electron chi connectivity index (χ3n) is 2.85. The third kappa shape index (κ3) is 2.91. The summed E-state index contributed by atoms with van der Waals surface area (Å²) in [4.78, 5) is 3.98. The lowest BCUT2D eigenvalue weighted by Crippen LogP contribution is -2.15. The standard InChI is InChI=1S/C14H13F2N3S/c1-8(10-4-2-3-7-18-10)19-11-6-5-9(14(17)20)12(15)13(11)16/h2-8,19H,1H3,(H2,17,20). The number of thiocarbonyl (C=S) groups is 1. The van der Waals surface area contributed by atoms with Crippen LogP contribution in [0.5, 0.6) is 0 Å². The Morgan fingerprint density at radius 2 is 2.00 bits per heavy atom. The molecule has 0 bridgehead atoms. The molecule has 6 heteroatoms. The number of benzene rings is 1. The Morgan fingerprint density at radius 1 is 1.25 bits per heavy atom. The highest BCUT2D eigenvalue weighted by molar-refractivity contribution is 7.80. The summed E-state index contributed by atoms with van der Waals surface area (Å²) < 4.78 is 27.7. The van der Waals surface area contributed by atoms with Crippen molar-refractivity contribution in [3.05, 3.63) is 59.4 Å². The van der Waals surface area contributed by atoms with E-state index in [0.29, 0.717) is 0 Å². The molecule has 0 spiro atoms. The molecule has 2 aromatic rings. The van der Waals surface area contributed by atoms with Crippen LogP contribution in [0.1, 0.15) is 24.2 Å². The maximum absolute atomic E-state index is 13.9. The van der Waals surface area contributed by atoms with Gasteiger partial charge < -0.3 is 11.1 Å². The van der Waals surface area contributed by atoms with E-state index in [1.165, 1.54) is 12.1 Å². The number of halogens is 2. The van der Waals surface area contributed by atoms with Crippen molar-refractivity contribution in [1.29, 1.82) is 0 Å². The normalized spacial score (nSPS) is 11.9. The molecule has 0 aliphatic carbocycles. The van der Waals surface area contributed by atoms with Crippen LogP contribution in [0.15, 0.2) is 36.5 Å². The Hall–Kier alpha value is -2.08. The Labute approximate surface area is 120 Å². The van der Waals surface area contributed by atoms with Crippen LogP contribution in [0.25, 0.3) is 0 Å². The average molecular weight is 293 g/mol. The summed E-state index contributed by atoms with van der Waals surface area (Å²) in [5.74, 6) is -2.05. The van der Waals surface area contributed by atoms with Crippen molar-refractivity contribution >= 4 is 22.9 Å². The molecule has 0 amide bonds. The van der Waals surface area contributed by atoms with Gasteiger partial charge in [-0.15, -0.1) is 0 Å². The van der Waals surface area contributed by atoms with E-state index in [-0.39, 0.29) is 22.3 Å². The zero-order chi connectivity index (χ0) is 14.7. The maximum Gasteiger partial charge on any atom is 0.182 e. The molecule has 3 nitrogen and oxygen atoms in total. The molecule has 0 fully saturated rings. The number of hydrogen-bond donors (Lipinski definition) is 2. The van der Waals surface area contributed by atoms with E-state index in [1.54, 1.807) is 25.3 Å². The molecular weight excluding hydrogens is 280 g/mol. The summed E-state index contributed by atoms with van der Waals surface area (Å²) in [6.45, 7) is 1.81. The first-order valence-corrected chi connectivity index (χ1v) is 6.36. The zero-order valence-electron chi connectivity index (χ0n) is 10.7. The van der Waals surface area contributed by atoms with E-state index in [1.807, 2.05) is 6.07 Å². The van der Waals surface area contributed by atoms with Gasteiger partial charge in [0.05, 0.1) is 17.4 Å². The van der Waals surface area contributed by atoms with Crippen molar-refractivity contribution in [3.63, 3.8) is 0 Å². The highest BCUT2D eigenvalue weighted by Crippen LogP contribution is 2.24. The zero-order valence-corrected chi connectivity index (χ0v) is 11.5. The van der Waals surface area contributed by atoms with Gasteiger partial charge in [0.15, 0.2) is 11.6 Å². The largest absolute Gasteiger partial charge is 0.389 e. The van der Waals surface area contributed by atoms with Crippen LogP contribution in [0.4, 0.5) is 14.5 Å². The molecule has 1 unspecified atom stereocenters. The molecule has 1 aromatic heterocycles. The number of anilines is 1. The van der Waals surface area contributed by atoms with Gasteiger partial charge >= 0.3 is 0 Å². The molecule has 104 valence electrons. The minimum absolute atomic E-state index is 0.0423. The smallest absolute Gasteiger partial charge is 0.182 e. The molecule has 0 saturated carbocycles. The van der Waals surface area contributed by atoms with Crippen molar-refractivity contribution in [2.45, 2.75) is 13.0 Å². The van der Waals surface area contributed by atoms with E-state index in [0.717, 1.165) is 5.69 Å². The van der Waals surface area contributed by atoms with Gasteiger partial charge in [-0.25, -0.2) is 8.78 Å². The Balaban J connectivity index is 2.27. The molecule has 0 aliphatic rings. The average Bonchev–Trinajstić information content (AvgIpc) is 2.44. The predicted molar refractivity (Wildman–Crippen MR) is 78.5 cm³/mol. The van der Waals surface area contributed by atoms with Gasteiger partial charge in [0.25, 0.3) is 0 Å². The van der Waals surface area contributed by atoms with Crippen LogP contribution in [0.2, 0.25) is 0 Å². The maximum atomic E-state index is 13.9. The first kappa shape index (κ1) is 14.3. The van der Waals surface area contributed by atoms with E-state index in [4.69, 9.17) is 5.73 Å². The molecule has 3 N–H and O–H groups in total. The molecule has 20 heavy (non-hydrogen) atoms. The molecule has 1 heterocycles. The first-order chi connectivity index (χ1) is 9.50. The van der Waals surface area contributed by atoms with Gasteiger partial charge in [-0.05, 0) is 31.2 Å². The highest BCUT2D eigenvalue weighted by Gasteiger charge is 2.16. The summed E-state index contributed by atoms with van der Waals surface area (Å²) in [7, 11) is 0. The number of aromatic nitrogens is 1. The first-order valence-electron chi connectivity index (χ1n) is 5.96. The summed E-state index contributed by atoms with van der Waals surface area (Å²) in [6, 6.07) is 7.91. The number of nitrogens with two attached hydrogens (primary N) is 1. The minimum atomic E-state index is -1.05. The Kier molecular flexibility index (Phi) is 4.24. The van der Waals surface area contributed by atoms with Crippen molar-refractivity contribution < 1.29 is 8.78 Å². The van der Waals surface area contributed by atoms with Crippen LogP contribution in [-0.4, -0.2) is 9.97 Å². The van der Waals surface area contributed by atoms with E-state index >= 15 is 0 Å². The van der Waals surface area contributed by atoms with Gasteiger partial charge in [0.1, 0.15) is 4.99 Å². The lowest BCUT2D eigenvalue weighted by Gasteiger charge is -2.16. The van der Waals surface area contributed by atoms with E-state index in [2.05, 4.69) is 22.5 Å². The molecule has 0 saturated heterocycles. The lowest BCUT2D eigenvalue weighted by atomic mass is 10.1. The summed E-state index contributed by atoms with van der Waals surface area (Å²) in [5, 5.41) is 2.87. The van der Waals surface area contributed by atoms with Crippen molar-refractivity contribution in [2.24, 2.45) is 5.73 Å². The fourth-order valence-electron chi connectivity index (χ4n) is 1.79. The van der Waals surface area contributed by atoms with Crippen LogP contribution >= 0.6 is 12.2 Å². The fourth-order valence-corrected chi connectivity index (χ4v) is 1.95. The predicted octanol–water partition coefficient (Wildman–Crippen LogP) is 3.17. The second-order valence-electron chi connectivity index (χ2n) is 4.27. The number of pyridine rings is 1. The molecule has 2 rings (SSSR count). The quantitative estimate of drug-likeness (QED) is 0.850. The van der Waals surface area contributed by atoms with E-state index in [9.17, 15) is 8.78 Å². The van der Waals surface area contributed by atoms with Gasteiger partial charge in [0, 0.05) is 11.8 Å². The third-order valence-corrected chi connectivity index (χ3v) is 3.07. The van der Waals surface area contributed by atoms with Crippen LogP contribution in [-0.2, 0) is 0 Å². The van der Waals surface area contributed by atoms with E-state index < -0.39 is 11.6 Å². The number of rotatable bonds is 4. The number of hydrogen-bond acceptors (Lipinski definition) is 3. The van der Waals surface area contributed by atoms with Crippen LogP contribution in [0.3, 0.4) is 0 Å². The fraction of sp³-hybridized carbons (Fsp3) is 0.143. The number of nitrogens with one attached hydrogen (secondary N) is 1. The van der Waals surface area contributed by atoms with Gasteiger partial charge in [-0.2, -0.15) is 0 Å². The SMILES string of the molecule is CC(Nc1ccc(C(N)=S)c(F)c1F)c1ccccn1. The molecule has 1 atom stereocenters. The Bertz CT molecular complexity index is 632. The van der Waals surface area contributed by atoms with Crippen LogP contribution in [0, 0.1) is 11.6 Å². The van der Waals surface area contributed by atoms with Gasteiger partial charge in [-0.1, -0.05) is 18.3 Å². The summed E-state index contributed by atoms with van der Waals surface area (Å²) >= 11 is 4.66. The summed E-state index contributed by atoms with van der Waals surface area (Å²) in [6.07, 6.45) is 1.64. The molecule has 0 radical (unpaired) electrons. The Morgan fingerprint density at radius 3 is 2.60 bits per heavy atom. The number of nitrogens with zero attached hydrogens (tertiary/aromatic N) is 1. The van der Waals surface area contributed by atoms with Crippen molar-refractivity contribution in [2.75, 3.05) is 5.32 Å². The van der Waals surface area contributed by atoms with Crippen molar-refractivity contribution in [1.82, 2.24) is 4.98 Å². The van der Waals surface area contributed by atoms with Gasteiger partial charge in [-0.3, -0.25) is 4.98 Å². The van der Waals surface area contributed by atoms with Gasteiger partial charge in [0.2, 0.25) is 0 Å².